The van der Waals surface area contributed by atoms with E-state index in [4.69, 9.17) is 0 Å². The van der Waals surface area contributed by atoms with Crippen LogP contribution in [0.15, 0.2) is 11.6 Å². The van der Waals surface area contributed by atoms with Gasteiger partial charge in [0.05, 0.1) is 11.4 Å². The molecular formula is C11H17NO3S2. The van der Waals surface area contributed by atoms with E-state index < -0.39 is 15.4 Å². The van der Waals surface area contributed by atoms with Crippen molar-refractivity contribution in [3.05, 3.63) is 16.6 Å². The van der Waals surface area contributed by atoms with Gasteiger partial charge in [-0.3, -0.25) is 0 Å². The molecule has 1 aromatic rings. The lowest BCUT2D eigenvalue weighted by molar-refractivity contribution is 0.0257. The van der Waals surface area contributed by atoms with Gasteiger partial charge in [0.25, 0.3) is 0 Å². The highest BCUT2D eigenvalue weighted by Crippen LogP contribution is 2.30. The molecule has 0 amide bonds. The summed E-state index contributed by atoms with van der Waals surface area (Å²) in [4.78, 5) is 3.97. The Kier molecular flexibility index (Phi) is 3.85. The van der Waals surface area contributed by atoms with Crippen molar-refractivity contribution in [2.75, 3.05) is 5.75 Å². The molecule has 4 nitrogen and oxygen atoms in total. The van der Waals surface area contributed by atoms with Crippen LogP contribution in [0.1, 0.15) is 37.1 Å². The van der Waals surface area contributed by atoms with Crippen LogP contribution in [0.25, 0.3) is 0 Å². The standard InChI is InChI=1S/C11H17NO3S2/c13-11(4-2-1-3-5-11)9-17(14,15)8-10-12-6-7-16-10/h6-7,13H,1-5,8-9H2. The quantitative estimate of drug-likeness (QED) is 0.909. The molecule has 1 heterocycles. The van der Waals surface area contributed by atoms with Crippen LogP contribution < -0.4 is 0 Å². The van der Waals surface area contributed by atoms with Crippen molar-refractivity contribution >= 4 is 21.2 Å². The Bertz CT molecular complexity index is 447. The Morgan fingerprint density at radius 2 is 2.06 bits per heavy atom. The van der Waals surface area contributed by atoms with E-state index in [0.29, 0.717) is 17.8 Å². The van der Waals surface area contributed by atoms with Crippen molar-refractivity contribution in [2.45, 2.75) is 43.5 Å². The molecule has 0 unspecified atom stereocenters. The van der Waals surface area contributed by atoms with Crippen LogP contribution in [-0.4, -0.2) is 29.9 Å². The van der Waals surface area contributed by atoms with Gasteiger partial charge in [0.2, 0.25) is 0 Å². The second kappa shape index (κ2) is 5.04. The summed E-state index contributed by atoms with van der Waals surface area (Å²) in [6.45, 7) is 0. The first-order chi connectivity index (χ1) is 7.99. The van der Waals surface area contributed by atoms with Crippen LogP contribution in [0.3, 0.4) is 0 Å². The van der Waals surface area contributed by atoms with Gasteiger partial charge in [0, 0.05) is 11.6 Å². The topological polar surface area (TPSA) is 67.3 Å². The molecule has 1 N–H and O–H groups in total. The van der Waals surface area contributed by atoms with Gasteiger partial charge in [-0.25, -0.2) is 13.4 Å². The van der Waals surface area contributed by atoms with Gasteiger partial charge < -0.3 is 5.11 Å². The summed E-state index contributed by atoms with van der Waals surface area (Å²) in [6.07, 6.45) is 5.74. The third-order valence-corrected chi connectivity index (χ3v) is 5.75. The fourth-order valence-electron chi connectivity index (χ4n) is 2.33. The summed E-state index contributed by atoms with van der Waals surface area (Å²) >= 11 is 1.34. The van der Waals surface area contributed by atoms with Crippen LogP contribution in [-0.2, 0) is 15.6 Å². The van der Waals surface area contributed by atoms with Crippen molar-refractivity contribution in [3.8, 4) is 0 Å². The number of aromatic nitrogens is 1. The molecule has 6 heteroatoms. The van der Waals surface area contributed by atoms with Crippen molar-refractivity contribution in [3.63, 3.8) is 0 Å². The first-order valence-electron chi connectivity index (χ1n) is 5.80. The predicted octanol–water partition coefficient (Wildman–Crippen LogP) is 1.75. The molecule has 0 radical (unpaired) electrons. The first-order valence-corrected chi connectivity index (χ1v) is 8.50. The summed E-state index contributed by atoms with van der Waals surface area (Å²) in [5.74, 6) is -0.174. The van der Waals surface area contributed by atoms with E-state index in [-0.39, 0.29) is 11.5 Å². The smallest absolute Gasteiger partial charge is 0.159 e. The molecule has 1 saturated carbocycles. The highest BCUT2D eigenvalue weighted by atomic mass is 32.2. The van der Waals surface area contributed by atoms with E-state index in [2.05, 4.69) is 4.98 Å². The van der Waals surface area contributed by atoms with Crippen LogP contribution >= 0.6 is 11.3 Å². The second-order valence-electron chi connectivity index (χ2n) is 4.74. The average Bonchev–Trinajstić information content (AvgIpc) is 2.68. The molecule has 0 saturated heterocycles. The van der Waals surface area contributed by atoms with Crippen LogP contribution in [0.2, 0.25) is 0 Å². The number of nitrogens with zero attached hydrogens (tertiary/aromatic N) is 1. The highest BCUT2D eigenvalue weighted by molar-refractivity contribution is 7.90. The number of sulfone groups is 1. The van der Waals surface area contributed by atoms with Gasteiger partial charge >= 0.3 is 0 Å². The van der Waals surface area contributed by atoms with Gasteiger partial charge in [-0.15, -0.1) is 11.3 Å². The van der Waals surface area contributed by atoms with E-state index in [0.717, 1.165) is 19.3 Å². The number of rotatable bonds is 4. The fourth-order valence-corrected chi connectivity index (χ4v) is 5.20. The summed E-state index contributed by atoms with van der Waals surface area (Å²) in [5, 5.41) is 12.6. The molecule has 0 atom stereocenters. The van der Waals surface area contributed by atoms with Crippen molar-refractivity contribution in [2.24, 2.45) is 0 Å². The number of thiazole rings is 1. The predicted molar refractivity (Wildman–Crippen MR) is 67.6 cm³/mol. The lowest BCUT2D eigenvalue weighted by atomic mass is 9.86. The Hall–Kier alpha value is -0.460. The van der Waals surface area contributed by atoms with Crippen LogP contribution in [0, 0.1) is 0 Å². The van der Waals surface area contributed by atoms with Gasteiger partial charge in [-0.1, -0.05) is 19.3 Å². The highest BCUT2D eigenvalue weighted by Gasteiger charge is 2.34. The fraction of sp³-hybridized carbons (Fsp3) is 0.727. The zero-order chi connectivity index (χ0) is 12.4. The molecule has 1 aliphatic carbocycles. The van der Waals surface area contributed by atoms with E-state index in [1.54, 1.807) is 11.6 Å². The lowest BCUT2D eigenvalue weighted by Gasteiger charge is -2.31. The summed E-state index contributed by atoms with van der Waals surface area (Å²) in [5.41, 5.74) is -1.01. The van der Waals surface area contributed by atoms with Crippen molar-refractivity contribution in [1.82, 2.24) is 4.98 Å². The maximum atomic E-state index is 12.0. The molecule has 2 rings (SSSR count). The third-order valence-electron chi connectivity index (χ3n) is 3.10. The molecule has 0 aliphatic heterocycles. The average molecular weight is 275 g/mol. The third kappa shape index (κ3) is 3.76. The summed E-state index contributed by atoms with van der Waals surface area (Å²) in [6, 6.07) is 0. The lowest BCUT2D eigenvalue weighted by Crippen LogP contribution is -2.39. The Morgan fingerprint density at radius 1 is 1.35 bits per heavy atom. The monoisotopic (exact) mass is 275 g/mol. The first kappa shape index (κ1) is 13.0. The second-order valence-corrected chi connectivity index (χ2v) is 7.79. The maximum Gasteiger partial charge on any atom is 0.159 e. The Balaban J connectivity index is 2.01. The van der Waals surface area contributed by atoms with E-state index in [9.17, 15) is 13.5 Å². The van der Waals surface area contributed by atoms with E-state index in [1.165, 1.54) is 11.3 Å². The molecule has 17 heavy (non-hydrogen) atoms. The number of aliphatic hydroxyl groups is 1. The van der Waals surface area contributed by atoms with E-state index >= 15 is 0 Å². The van der Waals surface area contributed by atoms with Crippen LogP contribution in [0.4, 0.5) is 0 Å². The normalized spacial score (nSPS) is 20.3. The molecule has 0 spiro atoms. The minimum atomic E-state index is -3.26. The van der Waals surface area contributed by atoms with Gasteiger partial charge in [-0.05, 0) is 12.8 Å². The van der Waals surface area contributed by atoms with Crippen molar-refractivity contribution in [1.29, 1.82) is 0 Å². The number of hydrogen-bond acceptors (Lipinski definition) is 5. The number of hydrogen-bond donors (Lipinski definition) is 1. The molecule has 0 bridgehead atoms. The Labute approximate surface area is 106 Å². The minimum absolute atomic E-state index is 0.0486. The zero-order valence-corrected chi connectivity index (χ0v) is 11.3. The molecule has 0 aromatic carbocycles. The Morgan fingerprint density at radius 3 is 2.65 bits per heavy atom. The van der Waals surface area contributed by atoms with Gasteiger partial charge in [0.1, 0.15) is 10.8 Å². The maximum absolute atomic E-state index is 12.0. The van der Waals surface area contributed by atoms with Crippen LogP contribution in [0.5, 0.6) is 0 Å². The van der Waals surface area contributed by atoms with E-state index in [1.807, 2.05) is 0 Å². The molecular weight excluding hydrogens is 258 g/mol. The van der Waals surface area contributed by atoms with Gasteiger partial charge in [-0.2, -0.15) is 0 Å². The summed E-state index contributed by atoms with van der Waals surface area (Å²) in [7, 11) is -3.26. The molecule has 1 aromatic heterocycles. The zero-order valence-electron chi connectivity index (χ0n) is 9.63. The summed E-state index contributed by atoms with van der Waals surface area (Å²) < 4.78 is 24.0. The largest absolute Gasteiger partial charge is 0.389 e. The van der Waals surface area contributed by atoms with Crippen molar-refractivity contribution < 1.29 is 13.5 Å². The minimum Gasteiger partial charge on any atom is -0.389 e. The molecule has 1 aliphatic rings. The SMILES string of the molecule is O=S(=O)(Cc1nccs1)CC1(O)CCCCC1. The molecule has 96 valence electrons. The van der Waals surface area contributed by atoms with Gasteiger partial charge in [0.15, 0.2) is 9.84 Å². The molecule has 1 fully saturated rings.